The number of anilines is 1. The molecular formula is C13H16FN5O. The van der Waals surface area contributed by atoms with Gasteiger partial charge in [-0.2, -0.15) is 0 Å². The van der Waals surface area contributed by atoms with Crippen LogP contribution in [0.4, 0.5) is 10.1 Å². The highest BCUT2D eigenvalue weighted by molar-refractivity contribution is 5.71. The number of hydrogen-bond acceptors (Lipinski definition) is 5. The van der Waals surface area contributed by atoms with E-state index in [4.69, 9.17) is 10.5 Å². The summed E-state index contributed by atoms with van der Waals surface area (Å²) in [6, 6.07) is 4.17. The summed E-state index contributed by atoms with van der Waals surface area (Å²) in [5.41, 5.74) is 6.54. The zero-order valence-corrected chi connectivity index (χ0v) is 11.2. The molecule has 1 aliphatic rings. The number of halogens is 1. The van der Waals surface area contributed by atoms with Crippen LogP contribution in [0.3, 0.4) is 0 Å². The molecule has 0 saturated carbocycles. The largest absolute Gasteiger partial charge is 0.398 e. The molecule has 1 saturated heterocycles. The highest BCUT2D eigenvalue weighted by Crippen LogP contribution is 2.29. The van der Waals surface area contributed by atoms with Crippen molar-refractivity contribution in [2.75, 3.05) is 12.3 Å². The molecule has 20 heavy (non-hydrogen) atoms. The predicted octanol–water partition coefficient (Wildman–Crippen LogP) is 1.63. The van der Waals surface area contributed by atoms with Crippen LogP contribution in [0, 0.1) is 5.82 Å². The van der Waals surface area contributed by atoms with Gasteiger partial charge in [-0.3, -0.25) is 0 Å². The van der Waals surface area contributed by atoms with Gasteiger partial charge in [0.05, 0.1) is 12.1 Å². The summed E-state index contributed by atoms with van der Waals surface area (Å²) >= 11 is 0. The molecule has 7 heteroatoms. The third kappa shape index (κ3) is 2.36. The molecular weight excluding hydrogens is 261 g/mol. The maximum Gasteiger partial charge on any atom is 0.184 e. The summed E-state index contributed by atoms with van der Waals surface area (Å²) in [6.45, 7) is 3.29. The molecule has 1 atom stereocenters. The molecule has 0 aliphatic carbocycles. The van der Waals surface area contributed by atoms with E-state index < -0.39 is 0 Å². The van der Waals surface area contributed by atoms with Gasteiger partial charge in [0.15, 0.2) is 5.82 Å². The first-order valence-electron chi connectivity index (χ1n) is 6.53. The molecule has 1 unspecified atom stereocenters. The van der Waals surface area contributed by atoms with Crippen LogP contribution in [0.2, 0.25) is 0 Å². The van der Waals surface area contributed by atoms with Crippen LogP contribution in [0.1, 0.15) is 19.8 Å². The van der Waals surface area contributed by atoms with Crippen molar-refractivity contribution in [3.8, 4) is 11.4 Å². The Morgan fingerprint density at radius 3 is 3.10 bits per heavy atom. The van der Waals surface area contributed by atoms with Gasteiger partial charge in [0, 0.05) is 17.9 Å². The zero-order valence-electron chi connectivity index (χ0n) is 11.2. The molecule has 3 rings (SSSR count). The summed E-state index contributed by atoms with van der Waals surface area (Å²) in [4.78, 5) is 0. The Labute approximate surface area is 115 Å². The topological polar surface area (TPSA) is 78.9 Å². The van der Waals surface area contributed by atoms with Gasteiger partial charge in [0.2, 0.25) is 0 Å². The number of nitrogen functional groups attached to an aromatic ring is 1. The average molecular weight is 277 g/mol. The van der Waals surface area contributed by atoms with Crippen LogP contribution < -0.4 is 5.73 Å². The Kier molecular flexibility index (Phi) is 3.13. The zero-order chi connectivity index (χ0) is 14.2. The Morgan fingerprint density at radius 1 is 1.50 bits per heavy atom. The number of tetrazole rings is 1. The first kappa shape index (κ1) is 13.0. The van der Waals surface area contributed by atoms with Crippen LogP contribution in [-0.4, -0.2) is 32.4 Å². The minimum absolute atomic E-state index is 0.285. The lowest BCUT2D eigenvalue weighted by Gasteiger charge is -2.23. The van der Waals surface area contributed by atoms with E-state index in [0.717, 1.165) is 19.4 Å². The normalized spacial score (nSPS) is 22.3. The fourth-order valence-electron chi connectivity index (χ4n) is 2.50. The SMILES string of the molecule is CC1(Cn2nnnc2-c2cc(F)ccc2N)CCCO1. The second kappa shape index (κ2) is 4.82. The van der Waals surface area contributed by atoms with E-state index in [-0.39, 0.29) is 11.4 Å². The molecule has 6 nitrogen and oxygen atoms in total. The van der Waals surface area contributed by atoms with Crippen molar-refractivity contribution in [3.63, 3.8) is 0 Å². The Hall–Kier alpha value is -2.02. The molecule has 0 spiro atoms. The summed E-state index contributed by atoms with van der Waals surface area (Å²) in [5.74, 6) is 0.0887. The lowest BCUT2D eigenvalue weighted by atomic mass is 10.0. The van der Waals surface area contributed by atoms with E-state index in [0.29, 0.717) is 23.6 Å². The van der Waals surface area contributed by atoms with E-state index in [9.17, 15) is 4.39 Å². The lowest BCUT2D eigenvalue weighted by Crippen LogP contribution is -2.30. The van der Waals surface area contributed by atoms with E-state index in [1.165, 1.54) is 18.2 Å². The van der Waals surface area contributed by atoms with Gasteiger partial charge in [-0.15, -0.1) is 5.10 Å². The number of aromatic nitrogens is 4. The predicted molar refractivity (Wildman–Crippen MR) is 71.2 cm³/mol. The molecule has 0 bridgehead atoms. The maximum absolute atomic E-state index is 13.4. The van der Waals surface area contributed by atoms with Crippen LogP contribution in [0.25, 0.3) is 11.4 Å². The van der Waals surface area contributed by atoms with E-state index in [1.807, 2.05) is 6.92 Å². The molecule has 1 aliphatic heterocycles. The van der Waals surface area contributed by atoms with Crippen molar-refractivity contribution in [2.24, 2.45) is 0 Å². The molecule has 2 N–H and O–H groups in total. The van der Waals surface area contributed by atoms with Crippen molar-refractivity contribution in [1.29, 1.82) is 0 Å². The molecule has 106 valence electrons. The number of rotatable bonds is 3. The van der Waals surface area contributed by atoms with Crippen LogP contribution in [0.15, 0.2) is 18.2 Å². The minimum atomic E-state index is -0.368. The number of benzene rings is 1. The first-order chi connectivity index (χ1) is 9.57. The van der Waals surface area contributed by atoms with Gasteiger partial charge in [-0.25, -0.2) is 9.07 Å². The Morgan fingerprint density at radius 2 is 2.35 bits per heavy atom. The van der Waals surface area contributed by atoms with Crippen molar-refractivity contribution in [2.45, 2.75) is 31.9 Å². The maximum atomic E-state index is 13.4. The minimum Gasteiger partial charge on any atom is -0.398 e. The van der Waals surface area contributed by atoms with Gasteiger partial charge in [0.1, 0.15) is 5.82 Å². The molecule has 1 aromatic carbocycles. The van der Waals surface area contributed by atoms with E-state index in [1.54, 1.807) is 4.68 Å². The molecule has 1 aromatic heterocycles. The highest BCUT2D eigenvalue weighted by Gasteiger charge is 2.32. The van der Waals surface area contributed by atoms with Crippen molar-refractivity contribution >= 4 is 5.69 Å². The summed E-state index contributed by atoms with van der Waals surface area (Å²) in [7, 11) is 0. The second-order valence-electron chi connectivity index (χ2n) is 5.29. The van der Waals surface area contributed by atoms with Crippen LogP contribution in [0.5, 0.6) is 0 Å². The van der Waals surface area contributed by atoms with E-state index in [2.05, 4.69) is 15.5 Å². The Balaban J connectivity index is 1.95. The van der Waals surface area contributed by atoms with Gasteiger partial charge >= 0.3 is 0 Å². The van der Waals surface area contributed by atoms with Crippen molar-refractivity contribution < 1.29 is 9.13 Å². The number of ether oxygens (including phenoxy) is 1. The Bertz CT molecular complexity index is 621. The third-order valence-electron chi connectivity index (χ3n) is 3.57. The highest BCUT2D eigenvalue weighted by atomic mass is 19.1. The standard InChI is InChI=1S/C13H16FN5O/c1-13(5-2-6-20-13)8-19-12(16-17-18-19)10-7-9(14)3-4-11(10)15/h3-4,7H,2,5-6,8,15H2,1H3. The number of nitrogens with zero attached hydrogens (tertiary/aromatic N) is 4. The van der Waals surface area contributed by atoms with Crippen molar-refractivity contribution in [3.05, 3.63) is 24.0 Å². The molecule has 0 amide bonds. The summed E-state index contributed by atoms with van der Waals surface area (Å²) < 4.78 is 20.8. The van der Waals surface area contributed by atoms with Gasteiger partial charge in [-0.05, 0) is 48.4 Å². The number of nitrogens with two attached hydrogens (primary N) is 1. The average Bonchev–Trinajstić information content (AvgIpc) is 3.02. The number of hydrogen-bond donors (Lipinski definition) is 1. The monoisotopic (exact) mass is 277 g/mol. The summed E-state index contributed by atoms with van der Waals surface area (Å²) in [5, 5.41) is 11.6. The molecule has 2 aromatic rings. The second-order valence-corrected chi connectivity index (χ2v) is 5.29. The molecule has 0 radical (unpaired) electrons. The molecule has 1 fully saturated rings. The van der Waals surface area contributed by atoms with Crippen molar-refractivity contribution in [1.82, 2.24) is 20.2 Å². The third-order valence-corrected chi connectivity index (χ3v) is 3.57. The van der Waals surface area contributed by atoms with E-state index >= 15 is 0 Å². The fraction of sp³-hybridized carbons (Fsp3) is 0.462. The van der Waals surface area contributed by atoms with Gasteiger partial charge < -0.3 is 10.5 Å². The van der Waals surface area contributed by atoms with Gasteiger partial charge in [-0.1, -0.05) is 0 Å². The smallest absolute Gasteiger partial charge is 0.184 e. The fourth-order valence-corrected chi connectivity index (χ4v) is 2.50. The lowest BCUT2D eigenvalue weighted by molar-refractivity contribution is 0.00356. The van der Waals surface area contributed by atoms with Crippen LogP contribution >= 0.6 is 0 Å². The molecule has 2 heterocycles. The van der Waals surface area contributed by atoms with Crippen LogP contribution in [-0.2, 0) is 11.3 Å². The first-order valence-corrected chi connectivity index (χ1v) is 6.53. The quantitative estimate of drug-likeness (QED) is 0.863. The summed E-state index contributed by atoms with van der Waals surface area (Å²) in [6.07, 6.45) is 1.97. The van der Waals surface area contributed by atoms with Gasteiger partial charge in [0.25, 0.3) is 0 Å².